The van der Waals surface area contributed by atoms with E-state index in [9.17, 15) is 13.6 Å². The van der Waals surface area contributed by atoms with E-state index in [1.165, 1.54) is 6.33 Å². The van der Waals surface area contributed by atoms with Gasteiger partial charge in [-0.2, -0.15) is 0 Å². The van der Waals surface area contributed by atoms with Gasteiger partial charge in [-0.25, -0.2) is 13.8 Å². The van der Waals surface area contributed by atoms with Gasteiger partial charge in [0.1, 0.15) is 0 Å². The fourth-order valence-corrected chi connectivity index (χ4v) is 1.15. The summed E-state index contributed by atoms with van der Waals surface area (Å²) in [5, 5.41) is 0. The lowest BCUT2D eigenvalue weighted by Gasteiger charge is -1.98. The van der Waals surface area contributed by atoms with Crippen molar-refractivity contribution >= 4 is 11.2 Å². The maximum atomic E-state index is 12.4. The maximum Gasteiger partial charge on any atom is 0.266 e. The van der Waals surface area contributed by atoms with Crippen LogP contribution in [0.5, 0.6) is 0 Å². The van der Waals surface area contributed by atoms with E-state index in [2.05, 4.69) is 15.0 Å². The van der Waals surface area contributed by atoms with Crippen molar-refractivity contribution in [2.24, 2.45) is 0 Å². The smallest absolute Gasteiger partial charge is 0.266 e. The molecule has 2 aromatic heterocycles. The van der Waals surface area contributed by atoms with E-state index < -0.39 is 12.0 Å². The van der Waals surface area contributed by atoms with Crippen LogP contribution >= 0.6 is 0 Å². The Morgan fingerprint density at radius 1 is 1.46 bits per heavy atom. The van der Waals surface area contributed by atoms with E-state index >= 15 is 0 Å². The van der Waals surface area contributed by atoms with Crippen molar-refractivity contribution in [3.63, 3.8) is 0 Å². The predicted molar refractivity (Wildman–Crippen MR) is 41.7 cm³/mol. The van der Waals surface area contributed by atoms with Crippen LogP contribution in [-0.4, -0.2) is 15.0 Å². The zero-order chi connectivity index (χ0) is 9.42. The van der Waals surface area contributed by atoms with Crippen LogP contribution in [-0.2, 0) is 0 Å². The monoisotopic (exact) mass is 185 g/mol. The summed E-state index contributed by atoms with van der Waals surface area (Å²) < 4.78 is 24.7. The van der Waals surface area contributed by atoms with Crippen molar-refractivity contribution in [1.82, 2.24) is 15.0 Å². The number of halogens is 2. The van der Waals surface area contributed by atoms with Crippen LogP contribution < -0.4 is 5.56 Å². The molecule has 0 atom stereocenters. The fourth-order valence-electron chi connectivity index (χ4n) is 1.15. The molecule has 0 aliphatic carbocycles. The van der Waals surface area contributed by atoms with Gasteiger partial charge in [0.05, 0.1) is 17.4 Å². The summed E-state index contributed by atoms with van der Waals surface area (Å²) in [4.78, 5) is 19.4. The lowest BCUT2D eigenvalue weighted by molar-refractivity contribution is 0.152. The maximum absolute atomic E-state index is 12.4. The van der Waals surface area contributed by atoms with Crippen molar-refractivity contribution < 1.29 is 8.78 Å². The van der Waals surface area contributed by atoms with Crippen LogP contribution in [0.4, 0.5) is 8.78 Å². The molecule has 6 heteroatoms. The second kappa shape index (κ2) is 2.65. The predicted octanol–water partition coefficient (Wildman–Crippen LogP) is 1.19. The summed E-state index contributed by atoms with van der Waals surface area (Å²) >= 11 is 0. The van der Waals surface area contributed by atoms with E-state index in [1.54, 1.807) is 0 Å². The first-order chi connectivity index (χ1) is 6.18. The first-order valence-electron chi connectivity index (χ1n) is 3.53. The fraction of sp³-hybridized carbons (Fsp3) is 0.143. The summed E-state index contributed by atoms with van der Waals surface area (Å²) in [5.74, 6) is 0. The van der Waals surface area contributed by atoms with Gasteiger partial charge in [-0.1, -0.05) is 0 Å². The highest BCUT2D eigenvalue weighted by molar-refractivity contribution is 5.73. The summed E-state index contributed by atoms with van der Waals surface area (Å²) in [5.41, 5.74) is -0.566. The van der Waals surface area contributed by atoms with Crippen LogP contribution in [0.3, 0.4) is 0 Å². The van der Waals surface area contributed by atoms with Crippen molar-refractivity contribution in [3.8, 4) is 0 Å². The van der Waals surface area contributed by atoms with E-state index in [1.807, 2.05) is 0 Å². The van der Waals surface area contributed by atoms with Gasteiger partial charge < -0.3 is 9.97 Å². The first-order valence-corrected chi connectivity index (χ1v) is 3.53. The number of nitrogens with one attached hydrogen (secondary N) is 2. The Kier molecular flexibility index (Phi) is 1.61. The number of pyridine rings is 1. The first kappa shape index (κ1) is 7.90. The van der Waals surface area contributed by atoms with Gasteiger partial charge in [0, 0.05) is 6.07 Å². The molecule has 0 aromatic carbocycles. The highest BCUT2D eigenvalue weighted by Crippen LogP contribution is 2.22. The van der Waals surface area contributed by atoms with Crippen molar-refractivity contribution in [2.75, 3.05) is 0 Å². The second-order valence-electron chi connectivity index (χ2n) is 2.52. The van der Waals surface area contributed by atoms with Gasteiger partial charge in [-0.3, -0.25) is 4.79 Å². The molecule has 0 aliphatic heterocycles. The molecule has 2 N–H and O–H groups in total. The van der Waals surface area contributed by atoms with Gasteiger partial charge in [0.15, 0.2) is 5.65 Å². The Bertz CT molecular complexity index is 488. The molecule has 2 heterocycles. The standard InChI is InChI=1S/C7H5F2N3O/c8-6(9)3-1-4(13)12-7-5(3)10-2-11-7/h1-2,6H,(H2,10,11,12,13). The average molecular weight is 185 g/mol. The van der Waals surface area contributed by atoms with Gasteiger partial charge in [-0.05, 0) is 0 Å². The van der Waals surface area contributed by atoms with Crippen LogP contribution in [0.25, 0.3) is 11.2 Å². The van der Waals surface area contributed by atoms with E-state index in [4.69, 9.17) is 0 Å². The molecule has 0 bridgehead atoms. The van der Waals surface area contributed by atoms with Gasteiger partial charge in [-0.15, -0.1) is 0 Å². The lowest BCUT2D eigenvalue weighted by atomic mass is 10.2. The number of imidazole rings is 1. The number of alkyl halides is 2. The number of aromatic amines is 2. The molecular formula is C7H5F2N3O. The van der Waals surface area contributed by atoms with Crippen LogP contribution in [0, 0.1) is 0 Å². The Labute approximate surface area is 70.6 Å². The average Bonchev–Trinajstić information content (AvgIpc) is 2.49. The molecule has 0 spiro atoms. The summed E-state index contributed by atoms with van der Waals surface area (Å²) in [7, 11) is 0. The molecule has 13 heavy (non-hydrogen) atoms. The van der Waals surface area contributed by atoms with Crippen molar-refractivity contribution in [3.05, 3.63) is 28.3 Å². The molecule has 2 rings (SSSR count). The SMILES string of the molecule is O=c1cc(C(F)F)c2[nH]cnc2[nH]1. The molecular weight excluding hydrogens is 180 g/mol. The molecule has 0 saturated heterocycles. The lowest BCUT2D eigenvalue weighted by Crippen LogP contribution is -2.06. The van der Waals surface area contributed by atoms with E-state index in [-0.39, 0.29) is 16.7 Å². The molecule has 2 aromatic rings. The minimum absolute atomic E-state index is 0.155. The quantitative estimate of drug-likeness (QED) is 0.700. The molecule has 0 saturated carbocycles. The number of fused-ring (bicyclic) bond motifs is 1. The van der Waals surface area contributed by atoms with Gasteiger partial charge in [0.25, 0.3) is 6.43 Å². The number of nitrogens with zero attached hydrogens (tertiary/aromatic N) is 1. The molecule has 0 radical (unpaired) electrons. The highest BCUT2D eigenvalue weighted by atomic mass is 19.3. The summed E-state index contributed by atoms with van der Waals surface area (Å²) in [6.45, 7) is 0. The number of rotatable bonds is 1. The largest absolute Gasteiger partial charge is 0.343 e. The summed E-state index contributed by atoms with van der Waals surface area (Å²) in [6, 6.07) is 0.866. The van der Waals surface area contributed by atoms with E-state index in [0.717, 1.165) is 6.07 Å². The second-order valence-corrected chi connectivity index (χ2v) is 2.52. The van der Waals surface area contributed by atoms with Crippen LogP contribution in [0.15, 0.2) is 17.2 Å². The molecule has 68 valence electrons. The van der Waals surface area contributed by atoms with Gasteiger partial charge >= 0.3 is 0 Å². The third-order valence-electron chi connectivity index (χ3n) is 1.69. The molecule has 4 nitrogen and oxygen atoms in total. The normalized spacial score (nSPS) is 11.3. The number of H-pyrrole nitrogens is 2. The molecule has 0 aliphatic rings. The zero-order valence-electron chi connectivity index (χ0n) is 6.34. The van der Waals surface area contributed by atoms with Crippen LogP contribution in [0.2, 0.25) is 0 Å². The van der Waals surface area contributed by atoms with Crippen LogP contribution in [0.1, 0.15) is 12.0 Å². The Hall–Kier alpha value is -1.72. The molecule has 0 amide bonds. The third-order valence-corrected chi connectivity index (χ3v) is 1.69. The highest BCUT2D eigenvalue weighted by Gasteiger charge is 2.13. The molecule has 0 unspecified atom stereocenters. The topological polar surface area (TPSA) is 61.5 Å². The minimum Gasteiger partial charge on any atom is -0.343 e. The van der Waals surface area contributed by atoms with E-state index in [0.29, 0.717) is 0 Å². The Balaban J connectivity index is 2.85. The molecule has 0 fully saturated rings. The Morgan fingerprint density at radius 2 is 2.23 bits per heavy atom. The number of hydrogen-bond acceptors (Lipinski definition) is 2. The summed E-state index contributed by atoms with van der Waals surface area (Å²) in [6.07, 6.45) is -1.42. The number of hydrogen-bond donors (Lipinski definition) is 2. The Morgan fingerprint density at radius 3 is 2.92 bits per heavy atom. The minimum atomic E-state index is -2.68. The zero-order valence-corrected chi connectivity index (χ0v) is 6.34. The van der Waals surface area contributed by atoms with Crippen molar-refractivity contribution in [1.29, 1.82) is 0 Å². The number of aromatic nitrogens is 3. The third kappa shape index (κ3) is 1.20. The van der Waals surface area contributed by atoms with Crippen molar-refractivity contribution in [2.45, 2.75) is 6.43 Å². The van der Waals surface area contributed by atoms with Gasteiger partial charge in [0.2, 0.25) is 5.56 Å².